The van der Waals surface area contributed by atoms with Crippen LogP contribution in [0.3, 0.4) is 0 Å². The van der Waals surface area contributed by atoms with E-state index in [1.807, 2.05) is 0 Å². The van der Waals surface area contributed by atoms with Crippen molar-refractivity contribution in [3.8, 4) is 0 Å². The summed E-state index contributed by atoms with van der Waals surface area (Å²) in [6, 6.07) is 29.9. The van der Waals surface area contributed by atoms with Gasteiger partial charge in [-0.25, -0.2) is 0 Å². The summed E-state index contributed by atoms with van der Waals surface area (Å²) in [5, 5.41) is 0. The van der Waals surface area contributed by atoms with Gasteiger partial charge >= 0.3 is 0 Å². The van der Waals surface area contributed by atoms with Gasteiger partial charge in [0, 0.05) is 38.6 Å². The third-order valence-electron chi connectivity index (χ3n) is 4.26. The van der Waals surface area contributed by atoms with E-state index in [9.17, 15) is 0 Å². The molecular formula is C22H24N2. The highest BCUT2D eigenvalue weighted by atomic mass is 15.1. The molecule has 3 aromatic carbocycles. The smallest absolute Gasteiger partial charge is 0.0426 e. The molecule has 0 saturated heterocycles. The van der Waals surface area contributed by atoms with Crippen molar-refractivity contribution in [1.29, 1.82) is 0 Å². The van der Waals surface area contributed by atoms with Gasteiger partial charge in [-0.15, -0.1) is 0 Å². The molecule has 0 aliphatic heterocycles. The van der Waals surface area contributed by atoms with Crippen LogP contribution in [-0.2, 0) is 13.1 Å². The number of rotatable bonds is 6. The minimum Gasteiger partial charge on any atom is -0.370 e. The van der Waals surface area contributed by atoms with Crippen LogP contribution in [0.25, 0.3) is 0 Å². The Morgan fingerprint density at radius 1 is 0.500 bits per heavy atom. The largest absolute Gasteiger partial charge is 0.370 e. The van der Waals surface area contributed by atoms with E-state index in [0.29, 0.717) is 0 Å². The average molecular weight is 316 g/mol. The summed E-state index contributed by atoms with van der Waals surface area (Å²) in [6.45, 7) is 1.83. The molecule has 122 valence electrons. The number of anilines is 2. The highest BCUT2D eigenvalue weighted by Gasteiger charge is 2.04. The molecule has 0 spiro atoms. The summed E-state index contributed by atoms with van der Waals surface area (Å²) in [6.07, 6.45) is 0. The summed E-state index contributed by atoms with van der Waals surface area (Å²) >= 11 is 0. The minimum atomic E-state index is 0.915. The lowest BCUT2D eigenvalue weighted by Crippen LogP contribution is -2.17. The zero-order valence-electron chi connectivity index (χ0n) is 14.4. The summed E-state index contributed by atoms with van der Waals surface area (Å²) in [5.74, 6) is 0. The van der Waals surface area contributed by atoms with E-state index in [4.69, 9.17) is 0 Å². The molecule has 0 aromatic heterocycles. The molecule has 3 rings (SSSR count). The van der Waals surface area contributed by atoms with Crippen LogP contribution in [0.5, 0.6) is 0 Å². The predicted octanol–water partition coefficient (Wildman–Crippen LogP) is 4.96. The fourth-order valence-corrected chi connectivity index (χ4v) is 2.85. The monoisotopic (exact) mass is 316 g/mol. The van der Waals surface area contributed by atoms with E-state index in [2.05, 4.69) is 109 Å². The molecule has 24 heavy (non-hydrogen) atoms. The van der Waals surface area contributed by atoms with Crippen LogP contribution in [0.1, 0.15) is 11.1 Å². The van der Waals surface area contributed by atoms with E-state index in [-0.39, 0.29) is 0 Å². The van der Waals surface area contributed by atoms with Crippen molar-refractivity contribution in [3.63, 3.8) is 0 Å². The third kappa shape index (κ3) is 4.17. The Balaban J connectivity index is 1.61. The van der Waals surface area contributed by atoms with Crippen molar-refractivity contribution in [2.24, 2.45) is 0 Å². The van der Waals surface area contributed by atoms with E-state index in [1.165, 1.54) is 22.5 Å². The van der Waals surface area contributed by atoms with Crippen LogP contribution in [0.4, 0.5) is 11.4 Å². The summed E-state index contributed by atoms with van der Waals surface area (Å²) in [4.78, 5) is 4.54. The Kier molecular flexibility index (Phi) is 5.17. The average Bonchev–Trinajstić information content (AvgIpc) is 2.65. The maximum absolute atomic E-state index is 2.27. The van der Waals surface area contributed by atoms with Crippen LogP contribution >= 0.6 is 0 Å². The first-order valence-corrected chi connectivity index (χ1v) is 8.32. The van der Waals surface area contributed by atoms with Gasteiger partial charge in [0.15, 0.2) is 0 Å². The van der Waals surface area contributed by atoms with Crippen LogP contribution in [0.2, 0.25) is 0 Å². The zero-order chi connectivity index (χ0) is 16.8. The van der Waals surface area contributed by atoms with Gasteiger partial charge in [0.2, 0.25) is 0 Å². The lowest BCUT2D eigenvalue weighted by molar-refractivity contribution is 0.906. The zero-order valence-corrected chi connectivity index (χ0v) is 14.4. The van der Waals surface area contributed by atoms with Crippen LogP contribution in [0.15, 0.2) is 84.9 Å². The predicted molar refractivity (Wildman–Crippen MR) is 104 cm³/mol. The molecule has 0 saturated carbocycles. The molecule has 0 bridgehead atoms. The number of benzene rings is 3. The fraction of sp³-hybridized carbons (Fsp3) is 0.182. The van der Waals surface area contributed by atoms with Crippen LogP contribution in [-0.4, -0.2) is 14.1 Å². The Morgan fingerprint density at radius 2 is 0.833 bits per heavy atom. The molecule has 0 aliphatic carbocycles. The summed E-state index contributed by atoms with van der Waals surface area (Å²) in [7, 11) is 4.26. The number of hydrogen-bond donors (Lipinski definition) is 0. The molecule has 0 radical (unpaired) electrons. The van der Waals surface area contributed by atoms with Gasteiger partial charge in [-0.3, -0.25) is 0 Å². The molecule has 0 fully saturated rings. The molecule has 0 aliphatic rings. The second kappa shape index (κ2) is 7.69. The summed E-state index contributed by atoms with van der Waals surface area (Å²) < 4.78 is 0. The Morgan fingerprint density at radius 3 is 1.17 bits per heavy atom. The molecule has 0 N–H and O–H groups in total. The van der Waals surface area contributed by atoms with Crippen molar-refractivity contribution in [3.05, 3.63) is 96.1 Å². The van der Waals surface area contributed by atoms with Gasteiger partial charge in [0.1, 0.15) is 0 Å². The molecular weight excluding hydrogens is 292 g/mol. The topological polar surface area (TPSA) is 6.48 Å². The number of hydrogen-bond acceptors (Lipinski definition) is 2. The van der Waals surface area contributed by atoms with E-state index < -0.39 is 0 Å². The number of para-hydroxylation sites is 2. The number of nitrogens with zero attached hydrogens (tertiary/aromatic N) is 2. The first kappa shape index (κ1) is 16.1. The van der Waals surface area contributed by atoms with Crippen molar-refractivity contribution >= 4 is 11.4 Å². The Bertz CT molecular complexity index is 669. The molecule has 0 atom stereocenters. The first-order chi connectivity index (χ1) is 11.7. The van der Waals surface area contributed by atoms with Crippen molar-refractivity contribution in [1.82, 2.24) is 0 Å². The summed E-state index contributed by atoms with van der Waals surface area (Å²) in [5.41, 5.74) is 5.13. The molecule has 0 heterocycles. The van der Waals surface area contributed by atoms with Gasteiger partial charge in [-0.05, 0) is 35.4 Å². The fourth-order valence-electron chi connectivity index (χ4n) is 2.85. The van der Waals surface area contributed by atoms with Gasteiger partial charge < -0.3 is 9.80 Å². The van der Waals surface area contributed by atoms with Crippen LogP contribution in [0, 0.1) is 0 Å². The maximum Gasteiger partial charge on any atom is 0.0426 e. The van der Waals surface area contributed by atoms with Gasteiger partial charge in [0.25, 0.3) is 0 Å². The molecule has 0 unspecified atom stereocenters. The molecule has 0 amide bonds. The minimum absolute atomic E-state index is 0.915. The molecule has 2 nitrogen and oxygen atoms in total. The Labute approximate surface area is 145 Å². The SMILES string of the molecule is CN(Cc1ccc(CN(C)c2ccccc2)cc1)c1ccccc1. The normalized spacial score (nSPS) is 10.4. The quantitative estimate of drug-likeness (QED) is 0.634. The second-order valence-corrected chi connectivity index (χ2v) is 6.20. The highest BCUT2D eigenvalue weighted by Crippen LogP contribution is 2.17. The van der Waals surface area contributed by atoms with Crippen molar-refractivity contribution < 1.29 is 0 Å². The van der Waals surface area contributed by atoms with Crippen LogP contribution < -0.4 is 9.80 Å². The third-order valence-corrected chi connectivity index (χ3v) is 4.26. The second-order valence-electron chi connectivity index (χ2n) is 6.20. The van der Waals surface area contributed by atoms with Gasteiger partial charge in [-0.2, -0.15) is 0 Å². The highest BCUT2D eigenvalue weighted by molar-refractivity contribution is 5.47. The lowest BCUT2D eigenvalue weighted by Gasteiger charge is -2.21. The van der Waals surface area contributed by atoms with Crippen molar-refractivity contribution in [2.45, 2.75) is 13.1 Å². The van der Waals surface area contributed by atoms with E-state index >= 15 is 0 Å². The van der Waals surface area contributed by atoms with E-state index in [0.717, 1.165) is 13.1 Å². The first-order valence-electron chi connectivity index (χ1n) is 8.32. The van der Waals surface area contributed by atoms with Gasteiger partial charge in [-0.1, -0.05) is 60.7 Å². The maximum atomic E-state index is 2.27. The lowest BCUT2D eigenvalue weighted by atomic mass is 10.1. The standard InChI is InChI=1S/C22H24N2/c1-23(21-9-5-3-6-10-21)17-19-13-15-20(16-14-19)18-24(2)22-11-7-4-8-12-22/h3-16H,17-18H2,1-2H3. The molecule has 2 heteroatoms. The van der Waals surface area contributed by atoms with Gasteiger partial charge in [0.05, 0.1) is 0 Å². The van der Waals surface area contributed by atoms with Crippen molar-refractivity contribution in [2.75, 3.05) is 23.9 Å². The van der Waals surface area contributed by atoms with E-state index in [1.54, 1.807) is 0 Å². The molecule has 3 aromatic rings. The Hall–Kier alpha value is -2.74.